The van der Waals surface area contributed by atoms with E-state index in [4.69, 9.17) is 19.7 Å². The lowest BCUT2D eigenvalue weighted by Gasteiger charge is -2.00. The Morgan fingerprint density at radius 2 is 1.93 bits per heavy atom. The third-order valence-corrected chi connectivity index (χ3v) is 1.02. The maximum atomic E-state index is 10.7. The van der Waals surface area contributed by atoms with Crippen LogP contribution in [-0.2, 0) is 19.0 Å². The quantitative estimate of drug-likeness (QED) is 0.174. The van der Waals surface area contributed by atoms with Gasteiger partial charge in [-0.2, -0.15) is 0 Å². The summed E-state index contributed by atoms with van der Waals surface area (Å²) in [6.45, 7) is -0.178. The Kier molecular flexibility index (Phi) is 9.18. The maximum absolute atomic E-state index is 10.7. The van der Waals surface area contributed by atoms with Crippen LogP contribution in [0.1, 0.15) is 0 Å². The van der Waals surface area contributed by atoms with E-state index < -0.39 is 5.97 Å². The molecule has 2 N–H and O–H groups in total. The number of hydrogen-bond acceptors (Lipinski definition) is 6. The highest BCUT2D eigenvalue weighted by Crippen LogP contribution is 1.84. The van der Waals surface area contributed by atoms with Crippen molar-refractivity contribution in [2.45, 2.75) is 0 Å². The molecule has 0 aliphatic carbocycles. The summed E-state index contributed by atoms with van der Waals surface area (Å²) < 4.78 is 13.9. The largest absolute Gasteiger partial charge is 0.475 e. The number of aliphatic hydroxyl groups excluding tert-OH is 2. The summed E-state index contributed by atoms with van der Waals surface area (Å²) in [6.07, 6.45) is 2.19. The Morgan fingerprint density at radius 1 is 1.21 bits per heavy atom. The van der Waals surface area contributed by atoms with E-state index in [1.165, 1.54) is 0 Å². The molecule has 0 saturated heterocycles. The highest BCUT2D eigenvalue weighted by Gasteiger charge is 1.94. The molecule has 0 unspecified atom stereocenters. The van der Waals surface area contributed by atoms with E-state index in [-0.39, 0.29) is 33.2 Å². The van der Waals surface area contributed by atoms with Crippen molar-refractivity contribution in [2.75, 3.05) is 33.2 Å². The fourth-order valence-corrected chi connectivity index (χ4v) is 0.509. The van der Waals surface area contributed by atoms with Crippen molar-refractivity contribution in [2.24, 2.45) is 0 Å². The van der Waals surface area contributed by atoms with E-state index in [2.05, 4.69) is 4.74 Å². The van der Waals surface area contributed by atoms with Crippen LogP contribution in [0.15, 0.2) is 12.3 Å². The molecule has 0 aliphatic heterocycles. The average molecular weight is 206 g/mol. The minimum Gasteiger partial charge on any atom is -0.475 e. The van der Waals surface area contributed by atoms with Crippen molar-refractivity contribution in [3.05, 3.63) is 12.3 Å². The summed E-state index contributed by atoms with van der Waals surface area (Å²) >= 11 is 0. The lowest BCUT2D eigenvalue weighted by Crippen LogP contribution is -2.06. The van der Waals surface area contributed by atoms with Crippen LogP contribution in [-0.4, -0.2) is 49.4 Å². The van der Waals surface area contributed by atoms with Gasteiger partial charge in [0.2, 0.25) is 0 Å². The summed E-state index contributed by atoms with van der Waals surface area (Å²) in [7, 11) is 0. The molecule has 0 aromatic rings. The zero-order valence-corrected chi connectivity index (χ0v) is 7.72. The zero-order valence-electron chi connectivity index (χ0n) is 7.72. The number of ether oxygens (including phenoxy) is 3. The molecular weight excluding hydrogens is 192 g/mol. The molecule has 0 fully saturated rings. The highest BCUT2D eigenvalue weighted by molar-refractivity contribution is 5.81. The van der Waals surface area contributed by atoms with Gasteiger partial charge in [-0.1, -0.05) is 0 Å². The first kappa shape index (κ1) is 12.9. The number of carbonyl (C=O) groups excluding carboxylic acids is 1. The van der Waals surface area contributed by atoms with Gasteiger partial charge in [-0.25, -0.2) is 4.79 Å². The minimum absolute atomic E-state index is 0.0374. The third kappa shape index (κ3) is 8.98. The van der Waals surface area contributed by atoms with Gasteiger partial charge in [0.25, 0.3) is 0 Å². The molecule has 0 saturated carbocycles. The molecule has 0 radical (unpaired) electrons. The van der Waals surface area contributed by atoms with Gasteiger partial charge in [-0.15, -0.1) is 0 Å². The number of aliphatic hydroxyl groups is 2. The predicted octanol–water partition coefficient (Wildman–Crippen LogP) is -0.981. The average Bonchev–Trinajstić information content (AvgIpc) is 2.20. The summed E-state index contributed by atoms with van der Waals surface area (Å²) in [5, 5.41) is 16.6. The number of hydrogen-bond donors (Lipinski definition) is 2. The molecule has 0 spiro atoms. The van der Waals surface area contributed by atoms with Crippen molar-refractivity contribution in [3.8, 4) is 0 Å². The van der Waals surface area contributed by atoms with Crippen LogP contribution in [0.2, 0.25) is 0 Å². The van der Waals surface area contributed by atoms with Crippen LogP contribution >= 0.6 is 0 Å². The molecule has 0 bridgehead atoms. The predicted molar refractivity (Wildman–Crippen MR) is 46.2 cm³/mol. The Bertz CT molecular complexity index is 167. The first-order chi connectivity index (χ1) is 6.81. The van der Waals surface area contributed by atoms with E-state index in [0.29, 0.717) is 0 Å². The fourth-order valence-electron chi connectivity index (χ4n) is 0.509. The second kappa shape index (κ2) is 9.97. The van der Waals surface area contributed by atoms with E-state index >= 15 is 0 Å². The van der Waals surface area contributed by atoms with Gasteiger partial charge in [-0.05, 0) is 0 Å². The van der Waals surface area contributed by atoms with Crippen molar-refractivity contribution in [3.63, 3.8) is 0 Å². The first-order valence-electron chi connectivity index (χ1n) is 4.05. The molecule has 0 aromatic heterocycles. The lowest BCUT2D eigenvalue weighted by molar-refractivity contribution is -0.138. The first-order valence-corrected chi connectivity index (χ1v) is 4.05. The highest BCUT2D eigenvalue weighted by atomic mass is 16.7. The van der Waals surface area contributed by atoms with Crippen molar-refractivity contribution < 1.29 is 29.2 Å². The van der Waals surface area contributed by atoms with Crippen molar-refractivity contribution in [1.29, 1.82) is 0 Å². The van der Waals surface area contributed by atoms with E-state index in [0.717, 1.165) is 12.3 Å². The zero-order chi connectivity index (χ0) is 10.6. The smallest absolute Gasteiger partial charge is 0.333 e. The third-order valence-electron chi connectivity index (χ3n) is 1.02. The summed E-state index contributed by atoms with van der Waals surface area (Å²) in [5.74, 6) is -0.596. The topological polar surface area (TPSA) is 85.2 Å². The van der Waals surface area contributed by atoms with Gasteiger partial charge in [-0.3, -0.25) is 0 Å². The van der Waals surface area contributed by atoms with Crippen LogP contribution < -0.4 is 0 Å². The van der Waals surface area contributed by atoms with Gasteiger partial charge in [0.05, 0.1) is 32.2 Å². The van der Waals surface area contributed by atoms with Crippen LogP contribution in [0.4, 0.5) is 0 Å². The van der Waals surface area contributed by atoms with Gasteiger partial charge >= 0.3 is 5.97 Å². The van der Waals surface area contributed by atoms with Crippen LogP contribution in [0.3, 0.4) is 0 Å². The molecule has 0 rings (SSSR count). The van der Waals surface area contributed by atoms with Crippen LogP contribution in [0.25, 0.3) is 0 Å². The van der Waals surface area contributed by atoms with E-state index in [1.807, 2.05) is 0 Å². The lowest BCUT2D eigenvalue weighted by atomic mass is 10.6. The van der Waals surface area contributed by atoms with Gasteiger partial charge in [0.1, 0.15) is 6.61 Å². The molecule has 0 atom stereocenters. The molecule has 82 valence electrons. The Morgan fingerprint density at radius 3 is 2.57 bits per heavy atom. The standard InChI is InChI=1S/C8H14O6/c9-2-5-13-7-12-4-1-8(11)14-6-3-10/h1,4,9-10H,2-3,5-7H2. The summed E-state index contributed by atoms with van der Waals surface area (Å²) in [4.78, 5) is 10.7. The van der Waals surface area contributed by atoms with Crippen LogP contribution in [0.5, 0.6) is 0 Å². The van der Waals surface area contributed by atoms with E-state index in [9.17, 15) is 4.79 Å². The molecule has 0 amide bonds. The van der Waals surface area contributed by atoms with E-state index in [1.54, 1.807) is 0 Å². The number of esters is 1. The van der Waals surface area contributed by atoms with Gasteiger partial charge in [0, 0.05) is 0 Å². The summed E-state index contributed by atoms with van der Waals surface area (Å²) in [5.41, 5.74) is 0. The molecular formula is C8H14O6. The molecule has 0 heterocycles. The van der Waals surface area contributed by atoms with Gasteiger partial charge in [0.15, 0.2) is 6.79 Å². The molecule has 0 aliphatic rings. The normalized spacial score (nSPS) is 10.4. The Balaban J connectivity index is 3.28. The fraction of sp³-hybridized carbons (Fsp3) is 0.625. The SMILES string of the molecule is O=C(C=COCOCCO)OCCO. The second-order valence-corrected chi connectivity index (χ2v) is 2.11. The molecule has 14 heavy (non-hydrogen) atoms. The Labute approximate surface area is 81.7 Å². The van der Waals surface area contributed by atoms with Crippen LogP contribution in [0, 0.1) is 0 Å². The monoisotopic (exact) mass is 206 g/mol. The summed E-state index contributed by atoms with van der Waals surface area (Å²) in [6, 6.07) is 0. The van der Waals surface area contributed by atoms with Gasteiger partial charge < -0.3 is 24.4 Å². The number of rotatable bonds is 8. The molecule has 6 nitrogen and oxygen atoms in total. The Hall–Kier alpha value is -1.11. The molecule has 0 aromatic carbocycles. The number of carbonyl (C=O) groups is 1. The minimum atomic E-state index is -0.596. The second-order valence-electron chi connectivity index (χ2n) is 2.11. The molecule has 6 heteroatoms. The van der Waals surface area contributed by atoms with Crippen molar-refractivity contribution >= 4 is 5.97 Å². The van der Waals surface area contributed by atoms with Crippen molar-refractivity contribution in [1.82, 2.24) is 0 Å². The maximum Gasteiger partial charge on any atom is 0.333 e.